The minimum Gasteiger partial charge on any atom is -0.341 e. The van der Waals surface area contributed by atoms with Crippen LogP contribution in [0.25, 0.3) is 0 Å². The summed E-state index contributed by atoms with van der Waals surface area (Å²) in [5.41, 5.74) is 0.344. The van der Waals surface area contributed by atoms with Gasteiger partial charge in [0.2, 0.25) is 5.88 Å². The molecule has 0 atom stereocenters. The van der Waals surface area contributed by atoms with Crippen LogP contribution < -0.4 is 4.90 Å². The SMILES string of the molecule is CCN(CC)c1cc(C=O)no1. The molecule has 0 aliphatic carbocycles. The molecule has 1 aromatic heterocycles. The van der Waals surface area contributed by atoms with Crippen LogP contribution in [-0.4, -0.2) is 24.5 Å². The second-order valence-corrected chi connectivity index (χ2v) is 2.38. The van der Waals surface area contributed by atoms with Crippen molar-refractivity contribution in [1.82, 2.24) is 5.16 Å². The van der Waals surface area contributed by atoms with Crippen LogP contribution in [0.4, 0.5) is 5.88 Å². The molecule has 0 bridgehead atoms. The van der Waals surface area contributed by atoms with E-state index in [0.717, 1.165) is 13.1 Å². The fourth-order valence-corrected chi connectivity index (χ4v) is 1.02. The molecule has 0 unspecified atom stereocenters. The van der Waals surface area contributed by atoms with Gasteiger partial charge in [0, 0.05) is 19.2 Å². The first kappa shape index (κ1) is 8.77. The fourth-order valence-electron chi connectivity index (χ4n) is 1.02. The Bertz CT molecular complexity index is 253. The van der Waals surface area contributed by atoms with Gasteiger partial charge in [-0.3, -0.25) is 4.79 Å². The van der Waals surface area contributed by atoms with Crippen LogP contribution in [0.5, 0.6) is 0 Å². The molecule has 0 amide bonds. The molecule has 0 aliphatic rings. The maximum absolute atomic E-state index is 10.3. The third kappa shape index (κ3) is 1.64. The van der Waals surface area contributed by atoms with Gasteiger partial charge < -0.3 is 9.42 Å². The molecule has 66 valence electrons. The number of anilines is 1. The highest BCUT2D eigenvalue weighted by Gasteiger charge is 2.07. The zero-order chi connectivity index (χ0) is 8.97. The normalized spacial score (nSPS) is 9.83. The number of hydrogen-bond donors (Lipinski definition) is 0. The highest BCUT2D eigenvalue weighted by molar-refractivity contribution is 5.72. The van der Waals surface area contributed by atoms with E-state index in [4.69, 9.17) is 4.52 Å². The lowest BCUT2D eigenvalue weighted by Crippen LogP contribution is -2.20. The largest absolute Gasteiger partial charge is 0.341 e. The van der Waals surface area contributed by atoms with Crippen LogP contribution in [0.2, 0.25) is 0 Å². The average molecular weight is 168 g/mol. The second-order valence-electron chi connectivity index (χ2n) is 2.38. The number of hydrogen-bond acceptors (Lipinski definition) is 4. The van der Waals surface area contributed by atoms with E-state index in [9.17, 15) is 4.79 Å². The summed E-state index contributed by atoms with van der Waals surface area (Å²) in [4.78, 5) is 12.3. The monoisotopic (exact) mass is 168 g/mol. The topological polar surface area (TPSA) is 46.3 Å². The molecule has 1 heterocycles. The molecule has 12 heavy (non-hydrogen) atoms. The van der Waals surface area contributed by atoms with E-state index in [1.807, 2.05) is 18.7 Å². The minimum atomic E-state index is 0.344. The van der Waals surface area contributed by atoms with Crippen molar-refractivity contribution in [1.29, 1.82) is 0 Å². The van der Waals surface area contributed by atoms with Crippen LogP contribution in [0.1, 0.15) is 24.3 Å². The number of aldehydes is 1. The van der Waals surface area contributed by atoms with E-state index in [0.29, 0.717) is 17.9 Å². The molecule has 0 saturated heterocycles. The van der Waals surface area contributed by atoms with Gasteiger partial charge in [-0.15, -0.1) is 0 Å². The summed E-state index contributed by atoms with van der Waals surface area (Å²) >= 11 is 0. The van der Waals surface area contributed by atoms with E-state index in [-0.39, 0.29) is 0 Å². The van der Waals surface area contributed by atoms with E-state index in [1.54, 1.807) is 6.07 Å². The average Bonchev–Trinajstić information content (AvgIpc) is 2.55. The summed E-state index contributed by atoms with van der Waals surface area (Å²) < 4.78 is 4.94. The van der Waals surface area contributed by atoms with Crippen molar-refractivity contribution in [3.05, 3.63) is 11.8 Å². The quantitative estimate of drug-likeness (QED) is 0.636. The number of carbonyl (C=O) groups excluding carboxylic acids is 1. The molecule has 0 N–H and O–H groups in total. The Kier molecular flexibility index (Phi) is 2.85. The molecular weight excluding hydrogens is 156 g/mol. The predicted molar refractivity (Wildman–Crippen MR) is 45.5 cm³/mol. The summed E-state index contributed by atoms with van der Waals surface area (Å²) in [6.07, 6.45) is 0.677. The molecule has 4 nitrogen and oxygen atoms in total. The molecule has 0 fully saturated rings. The smallest absolute Gasteiger partial charge is 0.227 e. The van der Waals surface area contributed by atoms with Gasteiger partial charge in [0.15, 0.2) is 6.29 Å². The fraction of sp³-hybridized carbons (Fsp3) is 0.500. The minimum absolute atomic E-state index is 0.344. The summed E-state index contributed by atoms with van der Waals surface area (Å²) in [6.45, 7) is 5.74. The standard InChI is InChI=1S/C8H12N2O2/c1-3-10(4-2)8-5-7(6-11)9-12-8/h5-6H,3-4H2,1-2H3. The lowest BCUT2D eigenvalue weighted by Gasteiger charge is -2.15. The van der Waals surface area contributed by atoms with E-state index in [2.05, 4.69) is 5.16 Å². The first-order valence-electron chi connectivity index (χ1n) is 3.98. The van der Waals surface area contributed by atoms with Gasteiger partial charge in [-0.25, -0.2) is 0 Å². The Balaban J connectivity index is 2.79. The Morgan fingerprint density at radius 1 is 1.58 bits per heavy atom. The van der Waals surface area contributed by atoms with Crippen molar-refractivity contribution >= 4 is 12.2 Å². The first-order valence-corrected chi connectivity index (χ1v) is 3.98. The zero-order valence-electron chi connectivity index (χ0n) is 7.28. The van der Waals surface area contributed by atoms with Gasteiger partial charge in [-0.2, -0.15) is 0 Å². The number of carbonyl (C=O) groups is 1. The van der Waals surface area contributed by atoms with Crippen molar-refractivity contribution < 1.29 is 9.32 Å². The third-order valence-corrected chi connectivity index (χ3v) is 1.71. The van der Waals surface area contributed by atoms with Gasteiger partial charge in [-0.1, -0.05) is 5.16 Å². The van der Waals surface area contributed by atoms with E-state index < -0.39 is 0 Å². The second kappa shape index (κ2) is 3.90. The van der Waals surface area contributed by atoms with Crippen molar-refractivity contribution in [3.8, 4) is 0 Å². The van der Waals surface area contributed by atoms with Crippen LogP contribution >= 0.6 is 0 Å². The van der Waals surface area contributed by atoms with Gasteiger partial charge in [-0.05, 0) is 13.8 Å². The first-order chi connectivity index (χ1) is 5.81. The third-order valence-electron chi connectivity index (χ3n) is 1.71. The highest BCUT2D eigenvalue weighted by atomic mass is 16.5. The summed E-state index contributed by atoms with van der Waals surface area (Å²) in [6, 6.07) is 1.64. The maximum atomic E-state index is 10.3. The predicted octanol–water partition coefficient (Wildman–Crippen LogP) is 1.33. The highest BCUT2D eigenvalue weighted by Crippen LogP contribution is 2.13. The van der Waals surface area contributed by atoms with Gasteiger partial charge >= 0.3 is 0 Å². The molecule has 1 rings (SSSR count). The Hall–Kier alpha value is -1.32. The molecule has 0 saturated carbocycles. The maximum Gasteiger partial charge on any atom is 0.227 e. The molecule has 0 radical (unpaired) electrons. The van der Waals surface area contributed by atoms with Crippen molar-refractivity contribution in [2.45, 2.75) is 13.8 Å². The van der Waals surface area contributed by atoms with Gasteiger partial charge in [0.25, 0.3) is 0 Å². The van der Waals surface area contributed by atoms with Crippen molar-refractivity contribution in [3.63, 3.8) is 0 Å². The van der Waals surface area contributed by atoms with Crippen molar-refractivity contribution in [2.75, 3.05) is 18.0 Å². The van der Waals surface area contributed by atoms with Crippen LogP contribution in [-0.2, 0) is 0 Å². The van der Waals surface area contributed by atoms with Crippen LogP contribution in [0.15, 0.2) is 10.6 Å². The zero-order valence-corrected chi connectivity index (χ0v) is 7.28. The molecule has 0 aliphatic heterocycles. The van der Waals surface area contributed by atoms with Gasteiger partial charge in [0.05, 0.1) is 0 Å². The van der Waals surface area contributed by atoms with Gasteiger partial charge in [0.1, 0.15) is 5.69 Å². The lowest BCUT2D eigenvalue weighted by atomic mass is 10.4. The molecule has 1 aromatic rings. The number of rotatable bonds is 4. The molecule has 0 aromatic carbocycles. The molecule has 0 spiro atoms. The van der Waals surface area contributed by atoms with Crippen LogP contribution in [0.3, 0.4) is 0 Å². The Morgan fingerprint density at radius 3 is 2.67 bits per heavy atom. The molecular formula is C8H12N2O2. The Labute approximate surface area is 71.1 Å². The van der Waals surface area contributed by atoms with E-state index in [1.165, 1.54) is 0 Å². The number of aromatic nitrogens is 1. The number of nitrogens with zero attached hydrogens (tertiary/aromatic N) is 2. The Morgan fingerprint density at radius 2 is 2.25 bits per heavy atom. The summed E-state index contributed by atoms with van der Waals surface area (Å²) in [5, 5.41) is 3.57. The van der Waals surface area contributed by atoms with Crippen molar-refractivity contribution in [2.24, 2.45) is 0 Å². The van der Waals surface area contributed by atoms with E-state index >= 15 is 0 Å². The summed E-state index contributed by atoms with van der Waals surface area (Å²) in [5.74, 6) is 0.655. The lowest BCUT2D eigenvalue weighted by molar-refractivity contribution is 0.111. The van der Waals surface area contributed by atoms with Crippen LogP contribution in [0, 0.1) is 0 Å². The molecule has 4 heteroatoms. The summed E-state index contributed by atoms with van der Waals surface area (Å²) in [7, 11) is 0.